The van der Waals surface area contributed by atoms with Gasteiger partial charge in [-0.3, -0.25) is 0 Å². The molecule has 0 rings (SSSR count). The van der Waals surface area contributed by atoms with Crippen molar-refractivity contribution in [3.8, 4) is 0 Å². The van der Waals surface area contributed by atoms with Crippen molar-refractivity contribution in [2.24, 2.45) is 5.73 Å². The smallest absolute Gasteiger partial charge is 0.138 e. The first-order chi connectivity index (χ1) is 6.49. The highest BCUT2D eigenvalue weighted by atomic mass is 17.2. The van der Waals surface area contributed by atoms with Gasteiger partial charge in [0.2, 0.25) is 0 Å². The van der Waals surface area contributed by atoms with Crippen LogP contribution in [0.2, 0.25) is 0 Å². The molecule has 7 heteroatoms. The third-order valence-corrected chi connectivity index (χ3v) is 1.43. The maximum atomic E-state index is 9.17. The molecule has 4 unspecified atom stereocenters. The van der Waals surface area contributed by atoms with Crippen LogP contribution in [-0.2, 0) is 9.78 Å². The van der Waals surface area contributed by atoms with Crippen molar-refractivity contribution in [3.05, 3.63) is 0 Å². The molecule has 0 saturated carbocycles. The van der Waals surface area contributed by atoms with E-state index in [1.807, 2.05) is 0 Å². The van der Waals surface area contributed by atoms with Gasteiger partial charge in [-0.1, -0.05) is 0 Å². The fourth-order valence-electron chi connectivity index (χ4n) is 0.679. The van der Waals surface area contributed by atoms with Crippen LogP contribution in [0.5, 0.6) is 0 Å². The Morgan fingerprint density at radius 3 is 2.21 bits per heavy atom. The zero-order chi connectivity index (χ0) is 11.1. The third-order valence-electron chi connectivity index (χ3n) is 1.43. The van der Waals surface area contributed by atoms with Crippen LogP contribution in [0.1, 0.15) is 6.92 Å². The summed E-state index contributed by atoms with van der Waals surface area (Å²) in [5, 5.41) is 35.7. The molecule has 0 fully saturated rings. The number of hydrogen-bond donors (Lipinski definition) is 5. The van der Waals surface area contributed by atoms with Gasteiger partial charge in [0.1, 0.15) is 31.1 Å². The molecule has 14 heavy (non-hydrogen) atoms. The molecule has 0 heterocycles. The molecule has 0 aromatic carbocycles. The lowest BCUT2D eigenvalue weighted by Crippen LogP contribution is -2.42. The molecule has 0 aromatic heterocycles. The maximum absolute atomic E-state index is 9.17. The van der Waals surface area contributed by atoms with Crippen molar-refractivity contribution in [3.63, 3.8) is 0 Å². The zero-order valence-corrected chi connectivity index (χ0v) is 7.91. The molecule has 4 atom stereocenters. The Hall–Kier alpha value is -0.280. The molecule has 0 bridgehead atoms. The van der Waals surface area contributed by atoms with E-state index in [1.165, 1.54) is 6.92 Å². The average molecular weight is 211 g/mol. The van der Waals surface area contributed by atoms with E-state index in [2.05, 4.69) is 9.78 Å². The van der Waals surface area contributed by atoms with Crippen LogP contribution in [0, 0.1) is 0 Å². The van der Waals surface area contributed by atoms with Crippen LogP contribution < -0.4 is 5.73 Å². The van der Waals surface area contributed by atoms with Crippen LogP contribution in [0.25, 0.3) is 0 Å². The first kappa shape index (κ1) is 13.7. The van der Waals surface area contributed by atoms with E-state index in [-0.39, 0.29) is 6.61 Å². The summed E-state index contributed by atoms with van der Waals surface area (Å²) >= 11 is 0. The quantitative estimate of drug-likeness (QED) is 0.176. The van der Waals surface area contributed by atoms with Crippen molar-refractivity contribution in [2.45, 2.75) is 31.5 Å². The van der Waals surface area contributed by atoms with E-state index >= 15 is 0 Å². The fraction of sp³-hybridized carbons (Fsp3) is 1.00. The van der Waals surface area contributed by atoms with Crippen LogP contribution in [0.4, 0.5) is 0 Å². The molecule has 0 aliphatic heterocycles. The Morgan fingerprint density at radius 1 is 1.21 bits per heavy atom. The molecule has 86 valence electrons. The molecule has 0 radical (unpaired) electrons. The van der Waals surface area contributed by atoms with Gasteiger partial charge < -0.3 is 26.2 Å². The second-order valence-corrected chi connectivity index (χ2v) is 2.89. The molecule has 6 N–H and O–H groups in total. The summed E-state index contributed by atoms with van der Waals surface area (Å²) in [6.07, 6.45) is -4.90. The predicted molar refractivity (Wildman–Crippen MR) is 45.8 cm³/mol. The zero-order valence-electron chi connectivity index (χ0n) is 7.91. The standard InChI is InChI=1S/C7H17NO6/c1-4(8)14-13-3-6(11)7(12)5(10)2-9/h4-7,9-12H,2-3,8H2,1H3. The average Bonchev–Trinajstić information content (AvgIpc) is 2.14. The van der Waals surface area contributed by atoms with Gasteiger partial charge in [-0.2, -0.15) is 0 Å². The van der Waals surface area contributed by atoms with E-state index < -0.39 is 31.1 Å². The van der Waals surface area contributed by atoms with E-state index in [4.69, 9.17) is 26.2 Å². The lowest BCUT2D eigenvalue weighted by molar-refractivity contribution is -0.333. The molecule has 0 spiro atoms. The Morgan fingerprint density at radius 2 is 1.79 bits per heavy atom. The van der Waals surface area contributed by atoms with Crippen molar-refractivity contribution in [1.82, 2.24) is 0 Å². The molecule has 0 saturated heterocycles. The highest BCUT2D eigenvalue weighted by Gasteiger charge is 2.24. The monoisotopic (exact) mass is 211 g/mol. The van der Waals surface area contributed by atoms with Gasteiger partial charge in [0, 0.05) is 0 Å². The van der Waals surface area contributed by atoms with Crippen LogP contribution in [0.15, 0.2) is 0 Å². The summed E-state index contributed by atoms with van der Waals surface area (Å²) in [5.41, 5.74) is 5.16. The Bertz CT molecular complexity index is 144. The minimum absolute atomic E-state index is 0.347. The van der Waals surface area contributed by atoms with Gasteiger partial charge in [-0.15, -0.1) is 0 Å². The van der Waals surface area contributed by atoms with Crippen molar-refractivity contribution >= 4 is 0 Å². The maximum Gasteiger partial charge on any atom is 0.138 e. The Balaban J connectivity index is 3.67. The lowest BCUT2D eigenvalue weighted by atomic mass is 10.1. The second-order valence-electron chi connectivity index (χ2n) is 2.89. The van der Waals surface area contributed by atoms with Gasteiger partial charge in [0.15, 0.2) is 0 Å². The van der Waals surface area contributed by atoms with Crippen molar-refractivity contribution in [1.29, 1.82) is 0 Å². The topological polar surface area (TPSA) is 125 Å². The molecular formula is C7H17NO6. The summed E-state index contributed by atoms with van der Waals surface area (Å²) in [5.74, 6) is 0. The van der Waals surface area contributed by atoms with Crippen LogP contribution in [-0.4, -0.2) is 58.2 Å². The predicted octanol–water partition coefficient (Wildman–Crippen LogP) is -2.69. The summed E-state index contributed by atoms with van der Waals surface area (Å²) in [7, 11) is 0. The van der Waals surface area contributed by atoms with E-state index in [0.717, 1.165) is 0 Å². The number of aliphatic hydroxyl groups excluding tert-OH is 4. The molecule has 0 aliphatic carbocycles. The molecular weight excluding hydrogens is 194 g/mol. The normalized spacial score (nSPS) is 20.1. The minimum atomic E-state index is -1.49. The number of aliphatic hydroxyl groups is 4. The summed E-state index contributed by atoms with van der Waals surface area (Å²) < 4.78 is 0. The van der Waals surface area contributed by atoms with E-state index in [9.17, 15) is 0 Å². The van der Waals surface area contributed by atoms with Gasteiger partial charge in [-0.25, -0.2) is 9.78 Å². The number of nitrogens with two attached hydrogens (primary N) is 1. The largest absolute Gasteiger partial charge is 0.394 e. The first-order valence-corrected chi connectivity index (χ1v) is 4.18. The van der Waals surface area contributed by atoms with Crippen LogP contribution >= 0.6 is 0 Å². The van der Waals surface area contributed by atoms with E-state index in [0.29, 0.717) is 0 Å². The van der Waals surface area contributed by atoms with E-state index in [1.54, 1.807) is 0 Å². The molecule has 0 aromatic rings. The van der Waals surface area contributed by atoms with Crippen LogP contribution in [0.3, 0.4) is 0 Å². The number of hydrogen-bond acceptors (Lipinski definition) is 7. The van der Waals surface area contributed by atoms with Crippen molar-refractivity contribution in [2.75, 3.05) is 13.2 Å². The lowest BCUT2D eigenvalue weighted by Gasteiger charge is -2.21. The summed E-state index contributed by atoms with van der Waals surface area (Å²) in [6.45, 7) is 0.525. The van der Waals surface area contributed by atoms with Gasteiger partial charge >= 0.3 is 0 Å². The highest BCUT2D eigenvalue weighted by Crippen LogP contribution is 2.01. The molecule has 0 amide bonds. The summed E-state index contributed by atoms with van der Waals surface area (Å²) in [6, 6.07) is 0. The van der Waals surface area contributed by atoms with Gasteiger partial charge in [0.05, 0.1) is 6.61 Å². The molecule has 0 aliphatic rings. The fourth-order valence-corrected chi connectivity index (χ4v) is 0.679. The SMILES string of the molecule is CC(N)OOCC(O)C(O)C(O)CO. The van der Waals surface area contributed by atoms with Crippen molar-refractivity contribution < 1.29 is 30.2 Å². The van der Waals surface area contributed by atoms with Gasteiger partial charge in [-0.05, 0) is 6.92 Å². The second kappa shape index (κ2) is 7.07. The first-order valence-electron chi connectivity index (χ1n) is 4.18. The van der Waals surface area contributed by atoms with Gasteiger partial charge in [0.25, 0.3) is 0 Å². The Kier molecular flexibility index (Phi) is 6.93. The number of rotatable bonds is 7. The highest BCUT2D eigenvalue weighted by molar-refractivity contribution is 4.73. The Labute approximate surface area is 81.6 Å². The minimum Gasteiger partial charge on any atom is -0.394 e. The molecule has 7 nitrogen and oxygen atoms in total. The third kappa shape index (κ3) is 5.45. The summed E-state index contributed by atoms with van der Waals surface area (Å²) in [4.78, 5) is 8.88.